The lowest BCUT2D eigenvalue weighted by Gasteiger charge is -2.32. The molecular formula is C20H20N4O5. The van der Waals surface area contributed by atoms with Crippen molar-refractivity contribution < 1.29 is 23.9 Å². The molecule has 3 rings (SSSR count). The maximum absolute atomic E-state index is 12.7. The summed E-state index contributed by atoms with van der Waals surface area (Å²) in [6.07, 6.45) is 2.16. The van der Waals surface area contributed by atoms with Crippen molar-refractivity contribution in [1.29, 1.82) is 0 Å². The first-order valence-corrected chi connectivity index (χ1v) is 8.96. The van der Waals surface area contributed by atoms with Crippen LogP contribution < -0.4 is 5.32 Å². The van der Waals surface area contributed by atoms with E-state index in [0.29, 0.717) is 37.4 Å². The van der Waals surface area contributed by atoms with Gasteiger partial charge in [0.15, 0.2) is 0 Å². The van der Waals surface area contributed by atoms with Gasteiger partial charge in [-0.15, -0.1) is 0 Å². The fourth-order valence-electron chi connectivity index (χ4n) is 2.93. The monoisotopic (exact) mass is 396 g/mol. The molecule has 9 nitrogen and oxygen atoms in total. The van der Waals surface area contributed by atoms with Crippen LogP contribution in [0, 0.1) is 0 Å². The second-order valence-electron chi connectivity index (χ2n) is 6.39. The van der Waals surface area contributed by atoms with Crippen LogP contribution in [0.1, 0.15) is 31.2 Å². The molecule has 0 saturated carbocycles. The van der Waals surface area contributed by atoms with Gasteiger partial charge < -0.3 is 19.9 Å². The minimum absolute atomic E-state index is 0.153. The number of rotatable bonds is 5. The number of benzene rings is 1. The molecule has 0 radical (unpaired) electrons. The van der Waals surface area contributed by atoms with Crippen molar-refractivity contribution in [2.24, 2.45) is 0 Å². The summed E-state index contributed by atoms with van der Waals surface area (Å²) < 4.78 is 4.67. The highest BCUT2D eigenvalue weighted by molar-refractivity contribution is 6.06. The molecule has 1 fully saturated rings. The Morgan fingerprint density at radius 3 is 2.52 bits per heavy atom. The molecule has 3 amide bonds. The molecule has 2 heterocycles. The number of anilines is 1. The number of amides is 3. The average molecular weight is 396 g/mol. The van der Waals surface area contributed by atoms with Gasteiger partial charge in [0.2, 0.25) is 6.41 Å². The SMILES string of the molecule is COC(=O)c1cccc(NC(=O)c2ccnc(C(=O)N3CCN(C=O)CC3)c2)c1. The van der Waals surface area contributed by atoms with Gasteiger partial charge in [-0.3, -0.25) is 19.4 Å². The van der Waals surface area contributed by atoms with E-state index < -0.39 is 11.9 Å². The maximum atomic E-state index is 12.7. The Labute approximate surface area is 167 Å². The van der Waals surface area contributed by atoms with E-state index in [1.54, 1.807) is 28.0 Å². The van der Waals surface area contributed by atoms with Crippen molar-refractivity contribution in [3.63, 3.8) is 0 Å². The number of esters is 1. The predicted molar refractivity (Wildman–Crippen MR) is 104 cm³/mol. The van der Waals surface area contributed by atoms with Crippen LogP contribution >= 0.6 is 0 Å². The van der Waals surface area contributed by atoms with Crippen molar-refractivity contribution in [1.82, 2.24) is 14.8 Å². The molecule has 0 aliphatic carbocycles. The van der Waals surface area contributed by atoms with Crippen LogP contribution in [-0.2, 0) is 9.53 Å². The van der Waals surface area contributed by atoms with Crippen LogP contribution in [0.15, 0.2) is 42.6 Å². The smallest absolute Gasteiger partial charge is 0.337 e. The van der Waals surface area contributed by atoms with Crippen LogP contribution in [0.2, 0.25) is 0 Å². The third kappa shape index (κ3) is 4.75. The average Bonchev–Trinajstić information content (AvgIpc) is 2.78. The summed E-state index contributed by atoms with van der Waals surface area (Å²) in [4.78, 5) is 54.9. The van der Waals surface area contributed by atoms with Gasteiger partial charge in [-0.2, -0.15) is 0 Å². The zero-order chi connectivity index (χ0) is 20.8. The highest BCUT2D eigenvalue weighted by atomic mass is 16.5. The van der Waals surface area contributed by atoms with Gasteiger partial charge in [-0.25, -0.2) is 4.79 Å². The van der Waals surface area contributed by atoms with E-state index in [4.69, 9.17) is 0 Å². The first-order chi connectivity index (χ1) is 14.0. The van der Waals surface area contributed by atoms with Crippen molar-refractivity contribution >= 4 is 29.9 Å². The standard InChI is InChI=1S/C20H20N4O5/c1-29-20(28)15-3-2-4-16(11-15)22-18(26)14-5-6-21-17(12-14)19(27)24-9-7-23(13-25)8-10-24/h2-6,11-13H,7-10H2,1H3,(H,22,26). The summed E-state index contributed by atoms with van der Waals surface area (Å²) >= 11 is 0. The fourth-order valence-corrected chi connectivity index (χ4v) is 2.93. The second-order valence-corrected chi connectivity index (χ2v) is 6.39. The Kier molecular flexibility index (Phi) is 6.18. The fraction of sp³-hybridized carbons (Fsp3) is 0.250. The van der Waals surface area contributed by atoms with E-state index in [-0.39, 0.29) is 17.2 Å². The molecule has 0 spiro atoms. The lowest BCUT2D eigenvalue weighted by molar-refractivity contribution is -0.119. The Bertz CT molecular complexity index is 938. The highest BCUT2D eigenvalue weighted by Crippen LogP contribution is 2.14. The summed E-state index contributed by atoms with van der Waals surface area (Å²) in [7, 11) is 1.28. The molecular weight excluding hydrogens is 376 g/mol. The van der Waals surface area contributed by atoms with E-state index in [9.17, 15) is 19.2 Å². The zero-order valence-electron chi connectivity index (χ0n) is 15.8. The van der Waals surface area contributed by atoms with Crippen molar-refractivity contribution in [3.8, 4) is 0 Å². The van der Waals surface area contributed by atoms with Crippen LogP contribution in [0.4, 0.5) is 5.69 Å². The number of piperazine rings is 1. The molecule has 1 aliphatic rings. The van der Waals surface area contributed by atoms with E-state index in [1.165, 1.54) is 31.5 Å². The third-order valence-corrected chi connectivity index (χ3v) is 4.53. The summed E-state index contributed by atoms with van der Waals surface area (Å²) in [5.41, 5.74) is 1.15. The third-order valence-electron chi connectivity index (χ3n) is 4.53. The Morgan fingerprint density at radius 1 is 1.07 bits per heavy atom. The number of carbonyl (C=O) groups is 4. The zero-order valence-corrected chi connectivity index (χ0v) is 15.8. The minimum atomic E-state index is -0.507. The first-order valence-electron chi connectivity index (χ1n) is 8.96. The number of carbonyl (C=O) groups excluding carboxylic acids is 4. The molecule has 1 aromatic carbocycles. The quantitative estimate of drug-likeness (QED) is 0.597. The number of aromatic nitrogens is 1. The second kappa shape index (κ2) is 8.96. The van der Waals surface area contributed by atoms with Crippen molar-refractivity contribution in [2.75, 3.05) is 38.6 Å². The molecule has 0 bridgehead atoms. The van der Waals surface area contributed by atoms with E-state index >= 15 is 0 Å². The summed E-state index contributed by atoms with van der Waals surface area (Å²) in [5.74, 6) is -1.24. The largest absolute Gasteiger partial charge is 0.465 e. The van der Waals surface area contributed by atoms with Gasteiger partial charge in [0.25, 0.3) is 11.8 Å². The van der Waals surface area contributed by atoms with Gasteiger partial charge in [0.05, 0.1) is 12.7 Å². The van der Waals surface area contributed by atoms with Crippen LogP contribution in [0.3, 0.4) is 0 Å². The number of hydrogen-bond donors (Lipinski definition) is 1. The molecule has 0 atom stereocenters. The Morgan fingerprint density at radius 2 is 1.83 bits per heavy atom. The predicted octanol–water partition coefficient (Wildman–Crippen LogP) is 1.03. The van der Waals surface area contributed by atoms with Crippen LogP contribution in [-0.4, -0.2) is 72.3 Å². The van der Waals surface area contributed by atoms with E-state index in [0.717, 1.165) is 6.41 Å². The van der Waals surface area contributed by atoms with Gasteiger partial charge in [0, 0.05) is 43.6 Å². The number of ether oxygens (including phenoxy) is 1. The van der Waals surface area contributed by atoms with Crippen molar-refractivity contribution in [3.05, 3.63) is 59.4 Å². The molecule has 1 aliphatic heterocycles. The summed E-state index contributed by atoms with van der Waals surface area (Å²) in [6.45, 7) is 1.75. The van der Waals surface area contributed by atoms with E-state index in [2.05, 4.69) is 15.0 Å². The number of pyridine rings is 1. The topological polar surface area (TPSA) is 109 Å². The summed E-state index contributed by atoms with van der Waals surface area (Å²) in [5, 5.41) is 2.69. The van der Waals surface area contributed by atoms with Crippen LogP contribution in [0.25, 0.3) is 0 Å². The molecule has 29 heavy (non-hydrogen) atoms. The van der Waals surface area contributed by atoms with Gasteiger partial charge in [-0.05, 0) is 30.3 Å². The molecule has 1 N–H and O–H groups in total. The van der Waals surface area contributed by atoms with Gasteiger partial charge in [0.1, 0.15) is 5.69 Å². The minimum Gasteiger partial charge on any atom is -0.465 e. The molecule has 1 saturated heterocycles. The molecule has 2 aromatic rings. The lowest BCUT2D eigenvalue weighted by atomic mass is 10.1. The molecule has 1 aromatic heterocycles. The van der Waals surface area contributed by atoms with E-state index in [1.807, 2.05) is 0 Å². The number of nitrogens with zero attached hydrogens (tertiary/aromatic N) is 3. The normalized spacial score (nSPS) is 13.6. The van der Waals surface area contributed by atoms with Crippen molar-refractivity contribution in [2.45, 2.75) is 0 Å². The number of hydrogen-bond acceptors (Lipinski definition) is 6. The van der Waals surface area contributed by atoms with Gasteiger partial charge >= 0.3 is 5.97 Å². The first kappa shape index (κ1) is 20.0. The number of nitrogens with one attached hydrogen (secondary N) is 1. The maximum Gasteiger partial charge on any atom is 0.337 e. The molecule has 9 heteroatoms. The number of methoxy groups -OCH3 is 1. The summed E-state index contributed by atoms with van der Waals surface area (Å²) in [6, 6.07) is 9.28. The van der Waals surface area contributed by atoms with Gasteiger partial charge in [-0.1, -0.05) is 6.07 Å². The molecule has 0 unspecified atom stereocenters. The lowest BCUT2D eigenvalue weighted by Crippen LogP contribution is -2.48. The Hall–Kier alpha value is -3.75. The Balaban J connectivity index is 1.70. The molecule has 150 valence electrons. The van der Waals surface area contributed by atoms with Crippen LogP contribution in [0.5, 0.6) is 0 Å². The highest BCUT2D eigenvalue weighted by Gasteiger charge is 2.23.